The van der Waals surface area contributed by atoms with E-state index in [9.17, 15) is 22.4 Å². The van der Waals surface area contributed by atoms with Crippen molar-refractivity contribution in [2.45, 2.75) is 51.5 Å². The van der Waals surface area contributed by atoms with Crippen LogP contribution in [0.2, 0.25) is 0 Å². The summed E-state index contributed by atoms with van der Waals surface area (Å²) in [5.74, 6) is -1.18. The second kappa shape index (κ2) is 10.1. The molecule has 8 nitrogen and oxygen atoms in total. The van der Waals surface area contributed by atoms with Gasteiger partial charge in [-0.05, 0) is 76.1 Å². The van der Waals surface area contributed by atoms with Crippen molar-refractivity contribution in [1.82, 2.24) is 4.72 Å². The summed E-state index contributed by atoms with van der Waals surface area (Å²) in [6, 6.07) is 8.21. The normalized spacial score (nSPS) is 11.7. The largest absolute Gasteiger partial charge is 0.444 e. The lowest BCUT2D eigenvalue weighted by Crippen LogP contribution is -2.29. The van der Waals surface area contributed by atoms with Crippen LogP contribution in [0.25, 0.3) is 0 Å². The summed E-state index contributed by atoms with van der Waals surface area (Å²) in [5, 5.41) is 4.94. The third kappa shape index (κ3) is 7.61. The van der Waals surface area contributed by atoms with E-state index >= 15 is 0 Å². The summed E-state index contributed by atoms with van der Waals surface area (Å²) in [7, 11) is -3.78. The molecule has 0 aliphatic heterocycles. The highest BCUT2D eigenvalue weighted by atomic mass is 32.2. The average Bonchev–Trinajstić information content (AvgIpc) is 2.64. The van der Waals surface area contributed by atoms with Crippen LogP contribution in [0, 0.1) is 19.7 Å². The molecule has 2 aromatic rings. The summed E-state index contributed by atoms with van der Waals surface area (Å²) in [6.07, 6.45) is -0.965. The number of rotatable bonds is 7. The number of benzene rings is 2. The van der Waals surface area contributed by atoms with Crippen LogP contribution in [0.5, 0.6) is 0 Å². The molecule has 0 heterocycles. The Kier molecular flexibility index (Phi) is 7.97. The minimum Gasteiger partial charge on any atom is -0.444 e. The topological polar surface area (TPSA) is 114 Å². The number of hydrogen-bond acceptors (Lipinski definition) is 5. The average molecular weight is 466 g/mol. The number of aryl methyl sites for hydroxylation is 2. The molecule has 0 saturated carbocycles. The summed E-state index contributed by atoms with van der Waals surface area (Å²) >= 11 is 0. The van der Waals surface area contributed by atoms with Gasteiger partial charge in [0.1, 0.15) is 11.4 Å². The number of sulfonamides is 1. The van der Waals surface area contributed by atoms with Gasteiger partial charge in [0.15, 0.2) is 0 Å². The predicted octanol–water partition coefficient (Wildman–Crippen LogP) is 4.10. The zero-order valence-corrected chi connectivity index (χ0v) is 19.5. The van der Waals surface area contributed by atoms with E-state index in [2.05, 4.69) is 15.4 Å². The fourth-order valence-corrected chi connectivity index (χ4v) is 3.74. The molecular weight excluding hydrogens is 437 g/mol. The lowest BCUT2D eigenvalue weighted by molar-refractivity contribution is -0.116. The van der Waals surface area contributed by atoms with Crippen LogP contribution in [0.3, 0.4) is 0 Å². The van der Waals surface area contributed by atoms with Gasteiger partial charge < -0.3 is 10.1 Å². The van der Waals surface area contributed by atoms with Gasteiger partial charge in [-0.1, -0.05) is 6.07 Å². The van der Waals surface area contributed by atoms with E-state index in [1.807, 2.05) is 13.8 Å². The van der Waals surface area contributed by atoms with Crippen molar-refractivity contribution in [1.29, 1.82) is 0 Å². The molecule has 3 N–H and O–H groups in total. The summed E-state index contributed by atoms with van der Waals surface area (Å²) < 4.78 is 46.0. The van der Waals surface area contributed by atoms with Crippen molar-refractivity contribution in [3.63, 3.8) is 0 Å². The van der Waals surface area contributed by atoms with E-state index in [1.165, 1.54) is 12.1 Å². The molecular formula is C22H28FN3O5S. The maximum Gasteiger partial charge on any atom is 0.412 e. The van der Waals surface area contributed by atoms with Crippen LogP contribution in [-0.4, -0.2) is 32.6 Å². The highest BCUT2D eigenvalue weighted by Gasteiger charge is 2.19. The Balaban J connectivity index is 2.00. The SMILES string of the molecule is Cc1ccc(S(=O)(=O)NCCC(=O)Nc2cc(F)ccc2NC(=O)OC(C)(C)C)cc1C. The smallest absolute Gasteiger partial charge is 0.412 e. The van der Waals surface area contributed by atoms with Crippen molar-refractivity contribution in [3.05, 3.63) is 53.3 Å². The van der Waals surface area contributed by atoms with Crippen molar-refractivity contribution < 1.29 is 27.1 Å². The number of amides is 2. The molecule has 0 atom stereocenters. The lowest BCUT2D eigenvalue weighted by atomic mass is 10.1. The number of halogens is 1. The Morgan fingerprint density at radius 3 is 2.28 bits per heavy atom. The molecule has 0 aliphatic carbocycles. The van der Waals surface area contributed by atoms with Crippen molar-refractivity contribution in [3.8, 4) is 0 Å². The first-order chi connectivity index (χ1) is 14.8. The zero-order valence-electron chi connectivity index (χ0n) is 18.7. The van der Waals surface area contributed by atoms with Gasteiger partial charge in [-0.2, -0.15) is 0 Å². The highest BCUT2D eigenvalue weighted by Crippen LogP contribution is 2.24. The molecule has 2 amide bonds. The van der Waals surface area contributed by atoms with Gasteiger partial charge in [0.2, 0.25) is 15.9 Å². The second-order valence-electron chi connectivity index (χ2n) is 8.26. The Morgan fingerprint density at radius 2 is 1.66 bits per heavy atom. The van der Waals surface area contributed by atoms with Gasteiger partial charge in [0.05, 0.1) is 16.3 Å². The molecule has 0 fully saturated rings. The fourth-order valence-electron chi connectivity index (χ4n) is 2.62. The monoisotopic (exact) mass is 465 g/mol. The van der Waals surface area contributed by atoms with Crippen LogP contribution in [0.15, 0.2) is 41.3 Å². The molecule has 10 heteroatoms. The summed E-state index contributed by atoms with van der Waals surface area (Å²) in [6.45, 7) is 8.60. The Morgan fingerprint density at radius 1 is 0.969 bits per heavy atom. The molecule has 0 unspecified atom stereocenters. The van der Waals surface area contributed by atoms with Gasteiger partial charge in [-0.3, -0.25) is 10.1 Å². The highest BCUT2D eigenvalue weighted by molar-refractivity contribution is 7.89. The van der Waals surface area contributed by atoms with E-state index in [4.69, 9.17) is 4.74 Å². The zero-order chi connectivity index (χ0) is 24.1. The van der Waals surface area contributed by atoms with E-state index in [0.29, 0.717) is 0 Å². The number of ether oxygens (including phenoxy) is 1. The first-order valence-corrected chi connectivity index (χ1v) is 11.4. The molecule has 0 radical (unpaired) electrons. The molecule has 0 aliphatic rings. The molecule has 0 bridgehead atoms. The van der Waals surface area contributed by atoms with Gasteiger partial charge >= 0.3 is 6.09 Å². The van der Waals surface area contributed by atoms with Crippen LogP contribution >= 0.6 is 0 Å². The third-order valence-electron chi connectivity index (χ3n) is 4.32. The van der Waals surface area contributed by atoms with Crippen molar-refractivity contribution in [2.75, 3.05) is 17.2 Å². The molecule has 0 aromatic heterocycles. The molecule has 32 heavy (non-hydrogen) atoms. The Hall–Kier alpha value is -2.98. The molecule has 2 rings (SSSR count). The minimum absolute atomic E-state index is 0.0258. The first kappa shape index (κ1) is 25.3. The van der Waals surface area contributed by atoms with E-state index in [-0.39, 0.29) is 29.2 Å². The number of nitrogens with one attached hydrogen (secondary N) is 3. The Bertz CT molecular complexity index is 1110. The van der Waals surface area contributed by atoms with Crippen LogP contribution in [0.1, 0.15) is 38.3 Å². The predicted molar refractivity (Wildman–Crippen MR) is 121 cm³/mol. The van der Waals surface area contributed by atoms with Crippen molar-refractivity contribution in [2.24, 2.45) is 0 Å². The number of carbonyl (C=O) groups is 2. The van der Waals surface area contributed by atoms with E-state index < -0.39 is 33.4 Å². The van der Waals surface area contributed by atoms with Crippen LogP contribution < -0.4 is 15.4 Å². The van der Waals surface area contributed by atoms with Crippen molar-refractivity contribution >= 4 is 33.4 Å². The number of hydrogen-bond donors (Lipinski definition) is 3. The number of carbonyl (C=O) groups excluding carboxylic acids is 2. The summed E-state index contributed by atoms with van der Waals surface area (Å²) in [5.41, 5.74) is 1.24. The standard InChI is InChI=1S/C22H28FN3O5S/c1-14-6-8-17(12-15(14)2)32(29,30)24-11-10-20(27)25-19-13-16(23)7-9-18(19)26-21(28)31-22(3,4)5/h6-9,12-13,24H,10-11H2,1-5H3,(H,25,27)(H,26,28). The van der Waals surface area contributed by atoms with E-state index in [0.717, 1.165) is 23.3 Å². The third-order valence-corrected chi connectivity index (χ3v) is 5.78. The van der Waals surface area contributed by atoms with E-state index in [1.54, 1.807) is 32.9 Å². The Labute approximate surface area is 187 Å². The molecule has 2 aromatic carbocycles. The fraction of sp³-hybridized carbons (Fsp3) is 0.364. The maximum absolute atomic E-state index is 13.7. The molecule has 0 spiro atoms. The van der Waals surface area contributed by atoms with Gasteiger partial charge in [0.25, 0.3) is 0 Å². The molecule has 0 saturated heterocycles. The van der Waals surface area contributed by atoms with Gasteiger partial charge in [-0.15, -0.1) is 0 Å². The lowest BCUT2D eigenvalue weighted by Gasteiger charge is -2.20. The quantitative estimate of drug-likeness (QED) is 0.570. The summed E-state index contributed by atoms with van der Waals surface area (Å²) in [4.78, 5) is 24.4. The minimum atomic E-state index is -3.78. The van der Waals surface area contributed by atoms with Gasteiger partial charge in [-0.25, -0.2) is 22.3 Å². The maximum atomic E-state index is 13.7. The van der Waals surface area contributed by atoms with Gasteiger partial charge in [0, 0.05) is 13.0 Å². The number of anilines is 2. The molecule has 174 valence electrons. The van der Waals surface area contributed by atoms with Crippen LogP contribution in [-0.2, 0) is 19.6 Å². The second-order valence-corrected chi connectivity index (χ2v) is 10.0. The first-order valence-electron chi connectivity index (χ1n) is 9.93. The van der Waals surface area contributed by atoms with Crippen LogP contribution in [0.4, 0.5) is 20.6 Å².